The van der Waals surface area contributed by atoms with Crippen LogP contribution in [0.15, 0.2) is 40.8 Å². The van der Waals surface area contributed by atoms with Crippen LogP contribution < -0.4 is 5.32 Å². The van der Waals surface area contributed by atoms with E-state index in [0.717, 1.165) is 31.2 Å². The Morgan fingerprint density at radius 2 is 1.74 bits per heavy atom. The smallest absolute Gasteiger partial charge is 0.117 e. The van der Waals surface area contributed by atoms with Crippen molar-refractivity contribution in [3.8, 4) is 0 Å². The Hall–Kier alpha value is -1.58. The van der Waals surface area contributed by atoms with Gasteiger partial charge in [0.25, 0.3) is 0 Å². The van der Waals surface area contributed by atoms with Crippen molar-refractivity contribution in [3.05, 3.63) is 59.0 Å². The Labute approximate surface area is 115 Å². The zero-order valence-corrected chi connectivity index (χ0v) is 11.9. The molecule has 19 heavy (non-hydrogen) atoms. The highest BCUT2D eigenvalue weighted by atomic mass is 16.3. The Bertz CT molecular complexity index is 517. The highest BCUT2D eigenvalue weighted by Crippen LogP contribution is 2.11. The number of benzene rings is 1. The minimum Gasteiger partial charge on any atom is -0.465 e. The zero-order chi connectivity index (χ0) is 13.7. The third-order valence-corrected chi connectivity index (χ3v) is 3.02. The SMILES string of the molecule is Cc1ccc(CNCc2ccccc2CN(C)C)o1. The number of nitrogens with zero attached hydrogens (tertiary/aromatic N) is 1. The lowest BCUT2D eigenvalue weighted by Gasteiger charge is -2.14. The van der Waals surface area contributed by atoms with Crippen LogP contribution >= 0.6 is 0 Å². The van der Waals surface area contributed by atoms with Crippen LogP contribution in [0.2, 0.25) is 0 Å². The molecule has 0 atom stereocenters. The molecule has 0 bridgehead atoms. The van der Waals surface area contributed by atoms with E-state index in [9.17, 15) is 0 Å². The van der Waals surface area contributed by atoms with Gasteiger partial charge in [-0.3, -0.25) is 0 Å². The summed E-state index contributed by atoms with van der Waals surface area (Å²) >= 11 is 0. The predicted molar refractivity (Wildman–Crippen MR) is 77.8 cm³/mol. The maximum atomic E-state index is 5.55. The second-order valence-electron chi connectivity index (χ2n) is 5.12. The normalized spacial score (nSPS) is 11.2. The van der Waals surface area contributed by atoms with Gasteiger partial charge in [-0.25, -0.2) is 0 Å². The van der Waals surface area contributed by atoms with Crippen LogP contribution in [0.1, 0.15) is 22.6 Å². The summed E-state index contributed by atoms with van der Waals surface area (Å²) in [7, 11) is 4.19. The van der Waals surface area contributed by atoms with Crippen molar-refractivity contribution < 1.29 is 4.42 Å². The van der Waals surface area contributed by atoms with Crippen molar-refractivity contribution in [2.45, 2.75) is 26.6 Å². The van der Waals surface area contributed by atoms with Crippen molar-refractivity contribution in [1.82, 2.24) is 10.2 Å². The Morgan fingerprint density at radius 3 is 2.37 bits per heavy atom. The predicted octanol–water partition coefficient (Wildman–Crippen LogP) is 2.94. The summed E-state index contributed by atoms with van der Waals surface area (Å²) in [6, 6.07) is 12.6. The third kappa shape index (κ3) is 4.23. The lowest BCUT2D eigenvalue weighted by Crippen LogP contribution is -2.17. The summed E-state index contributed by atoms with van der Waals surface area (Å²) in [5.74, 6) is 1.95. The molecule has 0 aliphatic carbocycles. The molecular weight excluding hydrogens is 236 g/mol. The monoisotopic (exact) mass is 258 g/mol. The molecule has 0 amide bonds. The standard InChI is InChI=1S/C16H22N2O/c1-13-8-9-16(19-13)11-17-10-14-6-4-5-7-15(14)12-18(2)3/h4-9,17H,10-12H2,1-3H3. The largest absolute Gasteiger partial charge is 0.465 e. The average molecular weight is 258 g/mol. The molecule has 0 radical (unpaired) electrons. The van der Waals surface area contributed by atoms with Crippen LogP contribution in [-0.2, 0) is 19.6 Å². The molecule has 0 saturated carbocycles. The van der Waals surface area contributed by atoms with Gasteiger partial charge in [0.2, 0.25) is 0 Å². The van der Waals surface area contributed by atoms with E-state index in [1.807, 2.05) is 19.1 Å². The quantitative estimate of drug-likeness (QED) is 0.863. The lowest BCUT2D eigenvalue weighted by atomic mass is 10.1. The molecule has 2 rings (SSSR count). The number of hydrogen-bond acceptors (Lipinski definition) is 3. The second kappa shape index (κ2) is 6.55. The maximum absolute atomic E-state index is 5.55. The molecule has 1 aromatic carbocycles. The van der Waals surface area contributed by atoms with E-state index in [0.29, 0.717) is 0 Å². The van der Waals surface area contributed by atoms with Gasteiger partial charge < -0.3 is 14.6 Å². The van der Waals surface area contributed by atoms with Crippen LogP contribution in [0.5, 0.6) is 0 Å². The number of furan rings is 1. The molecule has 0 spiro atoms. The molecular formula is C16H22N2O. The molecule has 3 nitrogen and oxygen atoms in total. The molecule has 0 unspecified atom stereocenters. The van der Waals surface area contributed by atoms with Crippen molar-refractivity contribution in [1.29, 1.82) is 0 Å². The summed E-state index contributed by atoms with van der Waals surface area (Å²) in [6.45, 7) is 4.57. The number of aryl methyl sites for hydroxylation is 1. The molecule has 0 fully saturated rings. The minimum absolute atomic E-state index is 0.768. The Morgan fingerprint density at radius 1 is 1.00 bits per heavy atom. The van der Waals surface area contributed by atoms with E-state index in [2.05, 4.69) is 48.6 Å². The summed E-state index contributed by atoms with van der Waals surface area (Å²) in [5.41, 5.74) is 2.72. The van der Waals surface area contributed by atoms with Gasteiger partial charge in [0.1, 0.15) is 11.5 Å². The molecule has 0 saturated heterocycles. The van der Waals surface area contributed by atoms with Gasteiger partial charge in [-0.1, -0.05) is 24.3 Å². The fourth-order valence-electron chi connectivity index (χ4n) is 2.13. The fraction of sp³-hybridized carbons (Fsp3) is 0.375. The van der Waals surface area contributed by atoms with Crippen molar-refractivity contribution >= 4 is 0 Å². The highest BCUT2D eigenvalue weighted by molar-refractivity contribution is 5.27. The first-order valence-corrected chi connectivity index (χ1v) is 6.62. The van der Waals surface area contributed by atoms with E-state index >= 15 is 0 Å². The lowest BCUT2D eigenvalue weighted by molar-refractivity contribution is 0.399. The summed E-state index contributed by atoms with van der Waals surface area (Å²) in [6.07, 6.45) is 0. The molecule has 1 heterocycles. The van der Waals surface area contributed by atoms with Gasteiger partial charge >= 0.3 is 0 Å². The van der Waals surface area contributed by atoms with Crippen LogP contribution in [0, 0.1) is 6.92 Å². The topological polar surface area (TPSA) is 28.4 Å². The summed E-state index contributed by atoms with van der Waals surface area (Å²) < 4.78 is 5.55. The first kappa shape index (κ1) is 13.8. The number of hydrogen-bond donors (Lipinski definition) is 1. The van der Waals surface area contributed by atoms with Crippen molar-refractivity contribution in [3.63, 3.8) is 0 Å². The average Bonchev–Trinajstić information content (AvgIpc) is 2.77. The molecule has 2 aromatic rings. The van der Waals surface area contributed by atoms with Gasteiger partial charge in [0.05, 0.1) is 6.54 Å². The van der Waals surface area contributed by atoms with Crippen LogP contribution in [-0.4, -0.2) is 19.0 Å². The highest BCUT2D eigenvalue weighted by Gasteiger charge is 2.03. The molecule has 0 aliphatic heterocycles. The first-order valence-electron chi connectivity index (χ1n) is 6.62. The zero-order valence-electron chi connectivity index (χ0n) is 11.9. The Balaban J connectivity index is 1.92. The van der Waals surface area contributed by atoms with Gasteiger partial charge in [-0.15, -0.1) is 0 Å². The van der Waals surface area contributed by atoms with Gasteiger partial charge in [-0.05, 0) is 44.3 Å². The van der Waals surface area contributed by atoms with E-state index < -0.39 is 0 Å². The van der Waals surface area contributed by atoms with Gasteiger partial charge in [-0.2, -0.15) is 0 Å². The van der Waals surface area contributed by atoms with Crippen molar-refractivity contribution in [2.24, 2.45) is 0 Å². The maximum Gasteiger partial charge on any atom is 0.117 e. The number of nitrogens with one attached hydrogen (secondary N) is 1. The van der Waals surface area contributed by atoms with Crippen LogP contribution in [0.4, 0.5) is 0 Å². The van der Waals surface area contributed by atoms with E-state index in [-0.39, 0.29) is 0 Å². The van der Waals surface area contributed by atoms with E-state index in [1.54, 1.807) is 0 Å². The van der Waals surface area contributed by atoms with Crippen LogP contribution in [0.3, 0.4) is 0 Å². The molecule has 3 heteroatoms. The van der Waals surface area contributed by atoms with Gasteiger partial charge in [0, 0.05) is 13.1 Å². The summed E-state index contributed by atoms with van der Waals surface area (Å²) in [5, 5.41) is 3.43. The molecule has 1 aromatic heterocycles. The Kier molecular flexibility index (Phi) is 4.77. The third-order valence-electron chi connectivity index (χ3n) is 3.02. The number of rotatable bonds is 6. The molecule has 0 aliphatic rings. The fourth-order valence-corrected chi connectivity index (χ4v) is 2.13. The van der Waals surface area contributed by atoms with E-state index in [1.165, 1.54) is 11.1 Å². The minimum atomic E-state index is 0.768. The molecule has 1 N–H and O–H groups in total. The second-order valence-corrected chi connectivity index (χ2v) is 5.12. The summed E-state index contributed by atoms with van der Waals surface area (Å²) in [4.78, 5) is 2.19. The first-order chi connectivity index (χ1) is 9.15. The van der Waals surface area contributed by atoms with Crippen molar-refractivity contribution in [2.75, 3.05) is 14.1 Å². The van der Waals surface area contributed by atoms with E-state index in [4.69, 9.17) is 4.42 Å². The van der Waals surface area contributed by atoms with Gasteiger partial charge in [0.15, 0.2) is 0 Å². The van der Waals surface area contributed by atoms with Crippen LogP contribution in [0.25, 0.3) is 0 Å². The molecule has 102 valence electrons.